The van der Waals surface area contributed by atoms with Crippen molar-refractivity contribution < 1.29 is 9.47 Å². The van der Waals surface area contributed by atoms with Crippen LogP contribution in [0.3, 0.4) is 0 Å². The van der Waals surface area contributed by atoms with Gasteiger partial charge in [0.1, 0.15) is 0 Å². The molecule has 2 saturated heterocycles. The molecule has 0 amide bonds. The predicted octanol–water partition coefficient (Wildman–Crippen LogP) is 2.29. The van der Waals surface area contributed by atoms with Crippen molar-refractivity contribution >= 4 is 5.96 Å². The lowest BCUT2D eigenvalue weighted by Crippen LogP contribution is -2.47. The molecule has 3 heterocycles. The van der Waals surface area contributed by atoms with Crippen LogP contribution in [0.5, 0.6) is 0 Å². The number of imidazole rings is 1. The summed E-state index contributed by atoms with van der Waals surface area (Å²) in [7, 11) is 0. The summed E-state index contributed by atoms with van der Waals surface area (Å²) in [6.07, 6.45) is 13.1. The zero-order chi connectivity index (χ0) is 18.7. The number of likely N-dealkylation sites (tertiary alicyclic amines) is 1. The zero-order valence-electron chi connectivity index (χ0n) is 16.7. The Hall–Kier alpha value is -1.60. The molecule has 1 N–H and O–H groups in total. The minimum atomic E-state index is 0.311. The molecule has 1 aromatic rings. The fourth-order valence-corrected chi connectivity index (χ4v) is 3.70. The van der Waals surface area contributed by atoms with Gasteiger partial charge in [-0.2, -0.15) is 0 Å². The summed E-state index contributed by atoms with van der Waals surface area (Å²) >= 11 is 0. The number of rotatable bonds is 8. The minimum Gasteiger partial charge on any atom is -0.376 e. The van der Waals surface area contributed by atoms with Crippen LogP contribution in [0.4, 0.5) is 0 Å². The minimum absolute atomic E-state index is 0.311. The van der Waals surface area contributed by atoms with Gasteiger partial charge < -0.3 is 24.3 Å². The Bertz CT molecular complexity index is 535. The second kappa shape index (κ2) is 11.3. The van der Waals surface area contributed by atoms with Crippen molar-refractivity contribution in [2.24, 2.45) is 4.99 Å². The van der Waals surface area contributed by atoms with Gasteiger partial charge in [0.25, 0.3) is 0 Å². The number of aromatic nitrogens is 2. The van der Waals surface area contributed by atoms with Gasteiger partial charge in [0.15, 0.2) is 5.96 Å². The van der Waals surface area contributed by atoms with Crippen molar-refractivity contribution in [2.75, 3.05) is 39.4 Å². The maximum Gasteiger partial charge on any atom is 0.193 e. The van der Waals surface area contributed by atoms with E-state index in [0.717, 1.165) is 77.6 Å². The average Bonchev–Trinajstić information content (AvgIpc) is 3.24. The number of nitrogens with zero attached hydrogens (tertiary/aromatic N) is 4. The van der Waals surface area contributed by atoms with Crippen molar-refractivity contribution in [1.29, 1.82) is 0 Å². The summed E-state index contributed by atoms with van der Waals surface area (Å²) in [4.78, 5) is 11.3. The highest BCUT2D eigenvalue weighted by Gasteiger charge is 2.23. The van der Waals surface area contributed by atoms with E-state index in [9.17, 15) is 0 Å². The third-order valence-corrected chi connectivity index (χ3v) is 5.26. The number of hydrogen-bond acceptors (Lipinski definition) is 4. The average molecular weight is 378 g/mol. The highest BCUT2D eigenvalue weighted by molar-refractivity contribution is 5.80. The molecule has 0 aromatic carbocycles. The van der Waals surface area contributed by atoms with Crippen LogP contribution < -0.4 is 5.32 Å². The summed E-state index contributed by atoms with van der Waals surface area (Å²) in [6.45, 7) is 8.48. The van der Waals surface area contributed by atoms with Crippen LogP contribution in [0, 0.1) is 0 Å². The van der Waals surface area contributed by atoms with Crippen molar-refractivity contribution in [3.8, 4) is 0 Å². The summed E-state index contributed by atoms with van der Waals surface area (Å²) < 4.78 is 14.0. The van der Waals surface area contributed by atoms with E-state index in [1.54, 1.807) is 0 Å². The topological polar surface area (TPSA) is 63.9 Å². The van der Waals surface area contributed by atoms with Gasteiger partial charge in [-0.15, -0.1) is 0 Å². The van der Waals surface area contributed by atoms with E-state index in [1.165, 1.54) is 12.8 Å². The van der Waals surface area contributed by atoms with Gasteiger partial charge in [-0.05, 0) is 45.4 Å². The highest BCUT2D eigenvalue weighted by atomic mass is 16.5. The van der Waals surface area contributed by atoms with Crippen LogP contribution in [0.15, 0.2) is 23.7 Å². The number of aryl methyl sites for hydroxylation is 1. The first kappa shape index (κ1) is 20.1. The van der Waals surface area contributed by atoms with Crippen molar-refractivity contribution in [2.45, 2.75) is 64.2 Å². The largest absolute Gasteiger partial charge is 0.376 e. The van der Waals surface area contributed by atoms with E-state index in [-0.39, 0.29) is 0 Å². The molecule has 1 aromatic heterocycles. The molecule has 2 fully saturated rings. The van der Waals surface area contributed by atoms with Gasteiger partial charge in [-0.1, -0.05) is 0 Å². The Labute approximate surface area is 163 Å². The van der Waals surface area contributed by atoms with Gasteiger partial charge in [-0.25, -0.2) is 4.98 Å². The Morgan fingerprint density at radius 1 is 1.30 bits per heavy atom. The second-order valence-corrected chi connectivity index (χ2v) is 7.40. The Morgan fingerprint density at radius 2 is 2.19 bits per heavy atom. The van der Waals surface area contributed by atoms with Gasteiger partial charge in [0.2, 0.25) is 0 Å². The molecule has 7 heteroatoms. The summed E-state index contributed by atoms with van der Waals surface area (Å²) in [5.74, 6) is 1.04. The lowest BCUT2D eigenvalue weighted by Gasteiger charge is -2.35. The highest BCUT2D eigenvalue weighted by Crippen LogP contribution is 2.18. The smallest absolute Gasteiger partial charge is 0.193 e. The van der Waals surface area contributed by atoms with Gasteiger partial charge >= 0.3 is 0 Å². The Morgan fingerprint density at radius 3 is 2.89 bits per heavy atom. The van der Waals surface area contributed by atoms with Crippen LogP contribution in [0.2, 0.25) is 0 Å². The number of nitrogens with one attached hydrogen (secondary N) is 1. The molecule has 0 bridgehead atoms. The van der Waals surface area contributed by atoms with Crippen LogP contribution in [-0.2, 0) is 16.0 Å². The number of hydrogen-bond donors (Lipinski definition) is 1. The van der Waals surface area contributed by atoms with Gasteiger partial charge in [0, 0.05) is 51.7 Å². The molecule has 0 spiro atoms. The Balaban J connectivity index is 1.37. The third-order valence-electron chi connectivity index (χ3n) is 5.26. The number of piperidine rings is 1. The molecule has 152 valence electrons. The standard InChI is InChI=1S/C20H35N5O2/c1-2-22-20(23-9-5-11-24-14-10-21-17-24)25-12-7-18(8-13-25)27-16-19-6-3-4-15-26-19/h10,14,17-19H,2-9,11-13,15-16H2,1H3,(H,22,23). The molecule has 2 aliphatic rings. The van der Waals surface area contributed by atoms with Crippen LogP contribution in [0.25, 0.3) is 0 Å². The first-order valence-corrected chi connectivity index (χ1v) is 10.6. The molecule has 3 rings (SSSR count). The normalized spacial score (nSPS) is 22.2. The monoisotopic (exact) mass is 377 g/mol. The maximum absolute atomic E-state index is 6.13. The molecular formula is C20H35N5O2. The molecule has 1 atom stereocenters. The SMILES string of the molecule is CCNC(=NCCCn1ccnc1)N1CCC(OCC2CCCCO2)CC1. The first-order valence-electron chi connectivity index (χ1n) is 10.6. The number of aliphatic imine (C=N–C) groups is 1. The quantitative estimate of drug-likeness (QED) is 0.428. The summed E-state index contributed by atoms with van der Waals surface area (Å²) in [5.41, 5.74) is 0. The third kappa shape index (κ3) is 6.81. The molecule has 0 saturated carbocycles. The van der Waals surface area contributed by atoms with E-state index < -0.39 is 0 Å². The van der Waals surface area contributed by atoms with E-state index in [1.807, 2.05) is 18.7 Å². The van der Waals surface area contributed by atoms with Gasteiger partial charge in [0.05, 0.1) is 25.1 Å². The summed E-state index contributed by atoms with van der Waals surface area (Å²) in [5, 5.41) is 3.44. The van der Waals surface area contributed by atoms with E-state index in [2.05, 4.69) is 26.7 Å². The Kier molecular flexibility index (Phi) is 8.42. The van der Waals surface area contributed by atoms with Gasteiger partial charge in [-0.3, -0.25) is 4.99 Å². The fraction of sp³-hybridized carbons (Fsp3) is 0.800. The fourth-order valence-electron chi connectivity index (χ4n) is 3.70. The molecule has 2 aliphatic heterocycles. The van der Waals surface area contributed by atoms with Crippen molar-refractivity contribution in [3.05, 3.63) is 18.7 Å². The lowest BCUT2D eigenvalue weighted by atomic mass is 10.1. The maximum atomic E-state index is 6.13. The molecule has 7 nitrogen and oxygen atoms in total. The van der Waals surface area contributed by atoms with E-state index >= 15 is 0 Å². The molecule has 1 unspecified atom stereocenters. The molecule has 27 heavy (non-hydrogen) atoms. The molecule has 0 radical (unpaired) electrons. The second-order valence-electron chi connectivity index (χ2n) is 7.40. The molecular weight excluding hydrogens is 342 g/mol. The van der Waals surface area contributed by atoms with Crippen molar-refractivity contribution in [1.82, 2.24) is 19.8 Å². The zero-order valence-corrected chi connectivity index (χ0v) is 16.7. The lowest BCUT2D eigenvalue weighted by molar-refractivity contribution is -0.0721. The first-order chi connectivity index (χ1) is 13.3. The van der Waals surface area contributed by atoms with E-state index in [0.29, 0.717) is 12.2 Å². The predicted molar refractivity (Wildman–Crippen MR) is 107 cm³/mol. The number of ether oxygens (including phenoxy) is 2. The van der Waals surface area contributed by atoms with E-state index in [4.69, 9.17) is 14.5 Å². The summed E-state index contributed by atoms with van der Waals surface area (Å²) in [6, 6.07) is 0. The number of guanidine groups is 1. The molecule has 0 aliphatic carbocycles. The van der Waals surface area contributed by atoms with Crippen molar-refractivity contribution in [3.63, 3.8) is 0 Å². The van der Waals surface area contributed by atoms with Crippen LogP contribution in [0.1, 0.15) is 45.4 Å². The van der Waals surface area contributed by atoms with Crippen LogP contribution in [-0.4, -0.2) is 72.0 Å². The van der Waals surface area contributed by atoms with Crippen LogP contribution >= 0.6 is 0 Å².